The van der Waals surface area contributed by atoms with E-state index in [0.717, 1.165) is 18.7 Å². The van der Waals surface area contributed by atoms with Crippen LogP contribution < -0.4 is 0 Å². The highest BCUT2D eigenvalue weighted by Gasteiger charge is 2.15. The van der Waals surface area contributed by atoms with E-state index < -0.39 is 5.97 Å². The van der Waals surface area contributed by atoms with Crippen molar-refractivity contribution in [3.05, 3.63) is 24.6 Å². The van der Waals surface area contributed by atoms with Crippen molar-refractivity contribution in [3.63, 3.8) is 0 Å². The van der Waals surface area contributed by atoms with E-state index in [2.05, 4.69) is 15.2 Å². The zero-order valence-corrected chi connectivity index (χ0v) is 11.3. The Bertz CT molecular complexity index is 512. The summed E-state index contributed by atoms with van der Waals surface area (Å²) in [6, 6.07) is 0. The smallest absolute Gasteiger partial charge is 0.396 e. The molecule has 0 saturated carbocycles. The number of thioether (sulfide) groups is 1. The lowest BCUT2D eigenvalue weighted by Crippen LogP contribution is -2.04. The van der Waals surface area contributed by atoms with Crippen LogP contribution in [-0.4, -0.2) is 38.1 Å². The van der Waals surface area contributed by atoms with E-state index in [9.17, 15) is 4.79 Å². The van der Waals surface area contributed by atoms with Crippen LogP contribution in [0.25, 0.3) is 0 Å². The number of imidazole rings is 1. The molecule has 0 aromatic carbocycles. The number of rotatable bonds is 7. The Morgan fingerprint density at radius 3 is 3.16 bits per heavy atom. The Labute approximate surface area is 114 Å². The lowest BCUT2D eigenvalue weighted by Gasteiger charge is -1.99. The van der Waals surface area contributed by atoms with E-state index in [4.69, 9.17) is 9.15 Å². The van der Waals surface area contributed by atoms with E-state index in [1.807, 2.05) is 10.8 Å². The molecule has 0 N–H and O–H groups in total. The number of carbonyl (C=O) groups is 1. The molecule has 2 rings (SSSR count). The predicted octanol–water partition coefficient (Wildman–Crippen LogP) is 1.63. The van der Waals surface area contributed by atoms with Crippen LogP contribution in [-0.2, 0) is 11.3 Å². The van der Waals surface area contributed by atoms with Crippen molar-refractivity contribution in [2.45, 2.75) is 25.1 Å². The Hall–Kier alpha value is -1.83. The molecule has 2 aromatic rings. The molecule has 0 aliphatic heterocycles. The minimum atomic E-state index is -0.583. The molecular weight excluding hydrogens is 268 g/mol. The summed E-state index contributed by atoms with van der Waals surface area (Å²) in [5, 5.41) is 7.80. The van der Waals surface area contributed by atoms with Crippen molar-refractivity contribution in [3.8, 4) is 0 Å². The van der Waals surface area contributed by atoms with Crippen LogP contribution in [0.2, 0.25) is 0 Å². The Balaban J connectivity index is 1.72. The quantitative estimate of drug-likeness (QED) is 0.433. The number of nitrogens with zero attached hydrogens (tertiary/aromatic N) is 4. The summed E-state index contributed by atoms with van der Waals surface area (Å²) in [5.41, 5.74) is 0. The predicted molar refractivity (Wildman–Crippen MR) is 67.8 cm³/mol. The van der Waals surface area contributed by atoms with Crippen LogP contribution in [0.15, 0.2) is 28.4 Å². The Kier molecular flexibility index (Phi) is 4.96. The van der Waals surface area contributed by atoms with Gasteiger partial charge in [-0.1, -0.05) is 16.9 Å². The highest BCUT2D eigenvalue weighted by atomic mass is 32.2. The lowest BCUT2D eigenvalue weighted by atomic mass is 10.5. The second-order valence-electron chi connectivity index (χ2n) is 3.60. The molecule has 8 heteroatoms. The zero-order valence-electron chi connectivity index (χ0n) is 10.5. The van der Waals surface area contributed by atoms with Gasteiger partial charge in [-0.15, -0.1) is 5.10 Å². The van der Waals surface area contributed by atoms with Crippen molar-refractivity contribution in [1.29, 1.82) is 0 Å². The molecule has 0 spiro atoms. The largest absolute Gasteiger partial charge is 0.459 e. The number of esters is 1. The second kappa shape index (κ2) is 6.93. The first kappa shape index (κ1) is 13.6. The summed E-state index contributed by atoms with van der Waals surface area (Å²) < 4.78 is 11.9. The molecule has 0 aliphatic carbocycles. The SMILES string of the molecule is CCOC(=O)c1nnc(SCCCn2ccnc2)o1. The Morgan fingerprint density at radius 1 is 1.53 bits per heavy atom. The van der Waals surface area contributed by atoms with Crippen LogP contribution in [0.1, 0.15) is 24.0 Å². The zero-order chi connectivity index (χ0) is 13.5. The molecule has 0 aliphatic rings. The van der Waals surface area contributed by atoms with Gasteiger partial charge in [-0.2, -0.15) is 0 Å². The van der Waals surface area contributed by atoms with Gasteiger partial charge in [0.25, 0.3) is 5.22 Å². The molecule has 102 valence electrons. The first-order valence-electron chi connectivity index (χ1n) is 5.88. The highest BCUT2D eigenvalue weighted by molar-refractivity contribution is 7.99. The monoisotopic (exact) mass is 282 g/mol. The van der Waals surface area contributed by atoms with Crippen molar-refractivity contribution in [2.24, 2.45) is 0 Å². The fourth-order valence-corrected chi connectivity index (χ4v) is 2.05. The number of hydrogen-bond acceptors (Lipinski definition) is 7. The summed E-state index contributed by atoms with van der Waals surface area (Å²) in [7, 11) is 0. The number of ether oxygens (including phenoxy) is 1. The summed E-state index contributed by atoms with van der Waals surface area (Å²) in [4.78, 5) is 15.3. The lowest BCUT2D eigenvalue weighted by molar-refractivity contribution is 0.0475. The molecule has 0 saturated heterocycles. The fourth-order valence-electron chi connectivity index (χ4n) is 1.37. The third-order valence-electron chi connectivity index (χ3n) is 2.20. The molecular formula is C11H14N4O3S. The van der Waals surface area contributed by atoms with Gasteiger partial charge in [0.15, 0.2) is 0 Å². The topological polar surface area (TPSA) is 83.0 Å². The Morgan fingerprint density at radius 2 is 2.42 bits per heavy atom. The maximum absolute atomic E-state index is 11.3. The number of hydrogen-bond donors (Lipinski definition) is 0. The standard InChI is InChI=1S/C11H14N4O3S/c1-2-17-10(16)9-13-14-11(18-9)19-7-3-5-15-6-4-12-8-15/h4,6,8H,2-3,5,7H2,1H3. The van der Waals surface area contributed by atoms with Crippen molar-refractivity contribution < 1.29 is 13.9 Å². The van der Waals surface area contributed by atoms with Gasteiger partial charge in [-0.25, -0.2) is 9.78 Å². The van der Waals surface area contributed by atoms with Gasteiger partial charge in [0, 0.05) is 24.7 Å². The van der Waals surface area contributed by atoms with Gasteiger partial charge in [0.2, 0.25) is 0 Å². The summed E-state index contributed by atoms with van der Waals surface area (Å²) >= 11 is 1.42. The van der Waals surface area contributed by atoms with Crippen LogP contribution in [0.4, 0.5) is 0 Å². The van der Waals surface area contributed by atoms with E-state index >= 15 is 0 Å². The average Bonchev–Trinajstić information content (AvgIpc) is 3.06. The molecule has 0 amide bonds. The van der Waals surface area contributed by atoms with E-state index in [1.54, 1.807) is 19.4 Å². The van der Waals surface area contributed by atoms with Gasteiger partial charge >= 0.3 is 11.9 Å². The number of aromatic nitrogens is 4. The number of aryl methyl sites for hydroxylation is 1. The fraction of sp³-hybridized carbons (Fsp3) is 0.455. The summed E-state index contributed by atoms with van der Waals surface area (Å²) in [5.74, 6) is 0.141. The third kappa shape index (κ3) is 4.09. The number of carbonyl (C=O) groups excluding carboxylic acids is 1. The van der Waals surface area contributed by atoms with Gasteiger partial charge in [0.1, 0.15) is 0 Å². The van der Waals surface area contributed by atoms with Crippen molar-refractivity contribution in [1.82, 2.24) is 19.7 Å². The molecule has 0 fully saturated rings. The van der Waals surface area contributed by atoms with Gasteiger partial charge < -0.3 is 13.7 Å². The highest BCUT2D eigenvalue weighted by Crippen LogP contribution is 2.17. The van der Waals surface area contributed by atoms with E-state index in [-0.39, 0.29) is 12.5 Å². The summed E-state index contributed by atoms with van der Waals surface area (Å²) in [6.07, 6.45) is 6.38. The van der Waals surface area contributed by atoms with Crippen LogP contribution in [0.5, 0.6) is 0 Å². The van der Waals surface area contributed by atoms with Gasteiger partial charge in [-0.05, 0) is 13.3 Å². The molecule has 7 nitrogen and oxygen atoms in total. The van der Waals surface area contributed by atoms with E-state index in [0.29, 0.717) is 5.22 Å². The van der Waals surface area contributed by atoms with E-state index in [1.165, 1.54) is 11.8 Å². The molecule has 0 radical (unpaired) electrons. The van der Waals surface area contributed by atoms with Crippen molar-refractivity contribution in [2.75, 3.05) is 12.4 Å². The van der Waals surface area contributed by atoms with Crippen LogP contribution in [0, 0.1) is 0 Å². The molecule has 0 atom stereocenters. The van der Waals surface area contributed by atoms with Gasteiger partial charge in [0.05, 0.1) is 12.9 Å². The molecule has 19 heavy (non-hydrogen) atoms. The third-order valence-corrected chi connectivity index (χ3v) is 3.11. The average molecular weight is 282 g/mol. The van der Waals surface area contributed by atoms with Crippen molar-refractivity contribution >= 4 is 17.7 Å². The first-order valence-corrected chi connectivity index (χ1v) is 6.87. The first-order chi connectivity index (χ1) is 9.29. The molecule has 0 bridgehead atoms. The normalized spacial score (nSPS) is 10.6. The van der Waals surface area contributed by atoms with Crippen LogP contribution in [0.3, 0.4) is 0 Å². The van der Waals surface area contributed by atoms with Gasteiger partial charge in [-0.3, -0.25) is 0 Å². The minimum Gasteiger partial charge on any atom is -0.459 e. The maximum atomic E-state index is 11.3. The minimum absolute atomic E-state index is 0.0982. The summed E-state index contributed by atoms with van der Waals surface area (Å²) in [6.45, 7) is 2.89. The molecule has 0 unspecified atom stereocenters. The maximum Gasteiger partial charge on any atom is 0.396 e. The molecule has 2 aromatic heterocycles. The second-order valence-corrected chi connectivity index (χ2v) is 4.64. The molecule has 2 heterocycles. The van der Waals surface area contributed by atoms with Crippen LogP contribution >= 0.6 is 11.8 Å².